The second-order valence-corrected chi connectivity index (χ2v) is 6.43. The lowest BCUT2D eigenvalue weighted by Gasteiger charge is -2.36. The van der Waals surface area contributed by atoms with Gasteiger partial charge in [-0.2, -0.15) is 0 Å². The highest BCUT2D eigenvalue weighted by atomic mass is 16.5. The monoisotopic (exact) mass is 329 g/mol. The van der Waals surface area contributed by atoms with Gasteiger partial charge in [0.25, 0.3) is 0 Å². The molecule has 4 heteroatoms. The van der Waals surface area contributed by atoms with Crippen molar-refractivity contribution in [3.63, 3.8) is 0 Å². The third kappa shape index (κ3) is 7.67. The maximum atomic E-state index is 11.7. The van der Waals surface area contributed by atoms with Crippen molar-refractivity contribution >= 4 is 5.97 Å². The smallest absolute Gasteiger partial charge is 0.305 e. The SMILES string of the molecule is CCCC(CC)(CCC(=O)OCC)OCCC(CC)(CC)NC. The Bertz CT molecular complexity index is 307. The van der Waals surface area contributed by atoms with Crippen molar-refractivity contribution < 1.29 is 14.3 Å². The average Bonchev–Trinajstić information content (AvgIpc) is 2.57. The van der Waals surface area contributed by atoms with Crippen LogP contribution in [0.2, 0.25) is 0 Å². The third-order valence-electron chi connectivity index (χ3n) is 5.31. The van der Waals surface area contributed by atoms with Crippen molar-refractivity contribution in [2.45, 2.75) is 97.1 Å². The molecule has 0 aromatic heterocycles. The molecule has 0 heterocycles. The van der Waals surface area contributed by atoms with Gasteiger partial charge in [0.15, 0.2) is 0 Å². The molecular formula is C19H39NO3. The van der Waals surface area contributed by atoms with E-state index in [4.69, 9.17) is 9.47 Å². The first-order valence-corrected chi connectivity index (χ1v) is 9.45. The molecule has 0 aliphatic carbocycles. The second kappa shape index (κ2) is 11.9. The minimum Gasteiger partial charge on any atom is -0.466 e. The third-order valence-corrected chi connectivity index (χ3v) is 5.31. The summed E-state index contributed by atoms with van der Waals surface area (Å²) >= 11 is 0. The van der Waals surface area contributed by atoms with Gasteiger partial charge in [-0.25, -0.2) is 0 Å². The highest BCUT2D eigenvalue weighted by Gasteiger charge is 2.31. The molecule has 0 fully saturated rings. The van der Waals surface area contributed by atoms with Gasteiger partial charge < -0.3 is 14.8 Å². The fourth-order valence-electron chi connectivity index (χ4n) is 3.29. The number of ether oxygens (including phenoxy) is 2. The van der Waals surface area contributed by atoms with Crippen LogP contribution < -0.4 is 5.32 Å². The topological polar surface area (TPSA) is 47.6 Å². The summed E-state index contributed by atoms with van der Waals surface area (Å²) in [6.07, 6.45) is 7.38. The van der Waals surface area contributed by atoms with E-state index in [2.05, 4.69) is 33.0 Å². The Hall–Kier alpha value is -0.610. The van der Waals surface area contributed by atoms with Crippen molar-refractivity contribution in [3.05, 3.63) is 0 Å². The van der Waals surface area contributed by atoms with Crippen LogP contribution in [0.15, 0.2) is 0 Å². The predicted octanol–water partition coefficient (Wildman–Crippen LogP) is 4.46. The molecule has 23 heavy (non-hydrogen) atoms. The van der Waals surface area contributed by atoms with E-state index in [1.165, 1.54) is 0 Å². The summed E-state index contributed by atoms with van der Waals surface area (Å²) in [4.78, 5) is 11.7. The van der Waals surface area contributed by atoms with Gasteiger partial charge >= 0.3 is 5.97 Å². The van der Waals surface area contributed by atoms with E-state index in [0.717, 1.165) is 51.6 Å². The molecule has 0 spiro atoms. The van der Waals surface area contributed by atoms with E-state index in [1.807, 2.05) is 14.0 Å². The number of rotatable bonds is 14. The molecule has 0 aromatic carbocycles. The van der Waals surface area contributed by atoms with Crippen LogP contribution in [0.1, 0.15) is 86.0 Å². The van der Waals surface area contributed by atoms with Crippen molar-refractivity contribution in [2.24, 2.45) is 0 Å². The fourth-order valence-corrected chi connectivity index (χ4v) is 3.29. The molecule has 0 aliphatic rings. The summed E-state index contributed by atoms with van der Waals surface area (Å²) in [5.41, 5.74) is -0.0324. The zero-order valence-electron chi connectivity index (χ0n) is 16.3. The summed E-state index contributed by atoms with van der Waals surface area (Å²) < 4.78 is 11.4. The van der Waals surface area contributed by atoms with Crippen LogP contribution in [0.25, 0.3) is 0 Å². The van der Waals surface area contributed by atoms with Crippen LogP contribution in [0.4, 0.5) is 0 Å². The van der Waals surface area contributed by atoms with Crippen molar-refractivity contribution in [1.82, 2.24) is 5.32 Å². The van der Waals surface area contributed by atoms with Crippen LogP contribution in [0.5, 0.6) is 0 Å². The lowest BCUT2D eigenvalue weighted by molar-refractivity contribution is -0.146. The Balaban J connectivity index is 4.67. The van der Waals surface area contributed by atoms with E-state index < -0.39 is 0 Å². The van der Waals surface area contributed by atoms with Gasteiger partial charge in [-0.15, -0.1) is 0 Å². The van der Waals surface area contributed by atoms with Gasteiger partial charge in [0, 0.05) is 18.6 Å². The van der Waals surface area contributed by atoms with E-state index >= 15 is 0 Å². The quantitative estimate of drug-likeness (QED) is 0.478. The van der Waals surface area contributed by atoms with Crippen LogP contribution in [0.3, 0.4) is 0 Å². The minimum absolute atomic E-state index is 0.114. The summed E-state index contributed by atoms with van der Waals surface area (Å²) in [5, 5.41) is 3.46. The fraction of sp³-hybridized carbons (Fsp3) is 0.947. The van der Waals surface area contributed by atoms with E-state index in [1.54, 1.807) is 0 Å². The van der Waals surface area contributed by atoms with Gasteiger partial charge in [0.05, 0.1) is 12.2 Å². The number of carbonyl (C=O) groups excluding carboxylic acids is 1. The Morgan fingerprint density at radius 3 is 2.04 bits per heavy atom. The molecule has 0 rings (SSSR count). The molecule has 0 aliphatic heterocycles. The first-order chi connectivity index (χ1) is 11.0. The lowest BCUT2D eigenvalue weighted by Crippen LogP contribution is -2.44. The van der Waals surface area contributed by atoms with Crippen molar-refractivity contribution in [1.29, 1.82) is 0 Å². The van der Waals surface area contributed by atoms with Crippen LogP contribution in [-0.2, 0) is 14.3 Å². The van der Waals surface area contributed by atoms with Crippen LogP contribution in [-0.4, -0.2) is 37.4 Å². The van der Waals surface area contributed by atoms with Crippen LogP contribution in [0, 0.1) is 0 Å². The average molecular weight is 330 g/mol. The Kier molecular flexibility index (Phi) is 11.5. The molecule has 1 unspecified atom stereocenters. The first-order valence-electron chi connectivity index (χ1n) is 9.45. The normalized spacial score (nSPS) is 14.5. The molecule has 4 nitrogen and oxygen atoms in total. The van der Waals surface area contributed by atoms with Crippen LogP contribution >= 0.6 is 0 Å². The summed E-state index contributed by atoms with van der Waals surface area (Å²) in [7, 11) is 2.03. The molecule has 0 saturated heterocycles. The number of nitrogens with one attached hydrogen (secondary N) is 1. The Labute approximate surface area is 143 Å². The highest BCUT2D eigenvalue weighted by Crippen LogP contribution is 2.30. The largest absolute Gasteiger partial charge is 0.466 e. The number of carbonyl (C=O) groups is 1. The molecule has 1 atom stereocenters. The molecule has 138 valence electrons. The second-order valence-electron chi connectivity index (χ2n) is 6.43. The molecule has 1 N–H and O–H groups in total. The number of hydrogen-bond acceptors (Lipinski definition) is 4. The zero-order valence-corrected chi connectivity index (χ0v) is 16.3. The predicted molar refractivity (Wildman–Crippen MR) is 96.7 cm³/mol. The molecule has 0 aromatic rings. The zero-order chi connectivity index (χ0) is 17.8. The number of esters is 1. The Morgan fingerprint density at radius 2 is 1.61 bits per heavy atom. The van der Waals surface area contributed by atoms with Crippen molar-refractivity contribution in [3.8, 4) is 0 Å². The number of hydrogen-bond donors (Lipinski definition) is 1. The first kappa shape index (κ1) is 22.4. The van der Waals surface area contributed by atoms with Gasteiger partial charge in [-0.3, -0.25) is 4.79 Å². The maximum absolute atomic E-state index is 11.7. The minimum atomic E-state index is -0.192. The van der Waals surface area contributed by atoms with Gasteiger partial charge in [0.2, 0.25) is 0 Å². The van der Waals surface area contributed by atoms with E-state index in [0.29, 0.717) is 13.0 Å². The Morgan fingerprint density at radius 1 is 0.957 bits per heavy atom. The highest BCUT2D eigenvalue weighted by molar-refractivity contribution is 5.69. The van der Waals surface area contributed by atoms with Crippen molar-refractivity contribution in [2.75, 3.05) is 20.3 Å². The standard InChI is InChI=1S/C19H39NO3/c1-7-13-19(10-4,14-12-17(21)22-11-5)23-16-15-18(8-2,9-3)20-6/h20H,7-16H2,1-6H3. The molecule has 0 amide bonds. The lowest BCUT2D eigenvalue weighted by atomic mass is 9.87. The van der Waals surface area contributed by atoms with Gasteiger partial charge in [-0.1, -0.05) is 34.1 Å². The molecule has 0 saturated carbocycles. The van der Waals surface area contributed by atoms with Gasteiger partial charge in [0.1, 0.15) is 0 Å². The van der Waals surface area contributed by atoms with Gasteiger partial charge in [-0.05, 0) is 52.5 Å². The summed E-state index contributed by atoms with van der Waals surface area (Å²) in [6, 6.07) is 0. The van der Waals surface area contributed by atoms with E-state index in [-0.39, 0.29) is 17.1 Å². The molecule has 0 bridgehead atoms. The van der Waals surface area contributed by atoms with E-state index in [9.17, 15) is 4.79 Å². The summed E-state index contributed by atoms with van der Waals surface area (Å²) in [5.74, 6) is -0.114. The maximum Gasteiger partial charge on any atom is 0.305 e. The molecular weight excluding hydrogens is 290 g/mol. The summed E-state index contributed by atoms with van der Waals surface area (Å²) in [6.45, 7) is 11.8. The molecule has 0 radical (unpaired) electrons.